The van der Waals surface area contributed by atoms with Gasteiger partial charge in [0, 0.05) is 0 Å². The minimum absolute atomic E-state index is 0.0258. The standard InChI is InChI=1S/C20H19FN2O4/c1-26-16-7-3-14(4-8-16)11-22-13-18(21)19(24)23(20(22)25)12-15-5-9-17(27-2)10-6-15/h3-10,13H,11-12H2,1-2H3. The lowest BCUT2D eigenvalue weighted by atomic mass is 10.2. The molecule has 0 bridgehead atoms. The molecule has 3 rings (SSSR count). The van der Waals surface area contributed by atoms with Crippen molar-refractivity contribution in [1.82, 2.24) is 9.13 Å². The number of methoxy groups -OCH3 is 2. The molecule has 0 aliphatic rings. The third-order valence-corrected chi connectivity index (χ3v) is 4.21. The van der Waals surface area contributed by atoms with Crippen LogP contribution in [0.3, 0.4) is 0 Å². The Bertz CT molecular complexity index is 1040. The molecule has 0 saturated heterocycles. The molecule has 0 N–H and O–H groups in total. The van der Waals surface area contributed by atoms with Crippen LogP contribution < -0.4 is 20.7 Å². The maximum atomic E-state index is 14.1. The number of hydrogen-bond acceptors (Lipinski definition) is 4. The van der Waals surface area contributed by atoms with Gasteiger partial charge in [-0.2, -0.15) is 4.39 Å². The van der Waals surface area contributed by atoms with Crippen molar-refractivity contribution in [2.75, 3.05) is 14.2 Å². The van der Waals surface area contributed by atoms with E-state index in [1.54, 1.807) is 62.8 Å². The van der Waals surface area contributed by atoms with Crippen LogP contribution in [-0.2, 0) is 13.1 Å². The fraction of sp³-hybridized carbons (Fsp3) is 0.200. The van der Waals surface area contributed by atoms with E-state index in [4.69, 9.17) is 9.47 Å². The molecule has 0 aliphatic carbocycles. The first-order chi connectivity index (χ1) is 13.0. The lowest BCUT2D eigenvalue weighted by molar-refractivity contribution is 0.414. The molecule has 6 nitrogen and oxygen atoms in total. The highest BCUT2D eigenvalue weighted by molar-refractivity contribution is 5.28. The zero-order valence-electron chi connectivity index (χ0n) is 15.0. The van der Waals surface area contributed by atoms with Gasteiger partial charge < -0.3 is 9.47 Å². The number of halogens is 1. The average Bonchev–Trinajstić information content (AvgIpc) is 2.70. The van der Waals surface area contributed by atoms with Crippen molar-refractivity contribution in [2.45, 2.75) is 13.1 Å². The summed E-state index contributed by atoms with van der Waals surface area (Å²) < 4.78 is 26.4. The lowest BCUT2D eigenvalue weighted by Gasteiger charge is -2.11. The van der Waals surface area contributed by atoms with Crippen LogP contribution >= 0.6 is 0 Å². The smallest absolute Gasteiger partial charge is 0.331 e. The van der Waals surface area contributed by atoms with E-state index in [2.05, 4.69) is 0 Å². The zero-order valence-corrected chi connectivity index (χ0v) is 15.0. The van der Waals surface area contributed by atoms with Crippen molar-refractivity contribution in [3.8, 4) is 11.5 Å². The summed E-state index contributed by atoms with van der Waals surface area (Å²) in [5, 5.41) is 0. The first kappa shape index (κ1) is 18.4. The summed E-state index contributed by atoms with van der Waals surface area (Å²) in [5.41, 5.74) is -0.0432. The normalized spacial score (nSPS) is 10.6. The van der Waals surface area contributed by atoms with Gasteiger partial charge in [0.15, 0.2) is 0 Å². The van der Waals surface area contributed by atoms with Crippen molar-refractivity contribution in [2.24, 2.45) is 0 Å². The summed E-state index contributed by atoms with van der Waals surface area (Å²) >= 11 is 0. The Kier molecular flexibility index (Phi) is 5.40. The molecular weight excluding hydrogens is 351 g/mol. The molecule has 0 saturated carbocycles. The molecule has 0 atom stereocenters. The Morgan fingerprint density at radius 2 is 1.30 bits per heavy atom. The van der Waals surface area contributed by atoms with Crippen LogP contribution in [0.2, 0.25) is 0 Å². The number of nitrogens with zero attached hydrogens (tertiary/aromatic N) is 2. The fourth-order valence-electron chi connectivity index (χ4n) is 2.71. The molecule has 7 heteroatoms. The van der Waals surface area contributed by atoms with Gasteiger partial charge in [0.2, 0.25) is 5.82 Å². The summed E-state index contributed by atoms with van der Waals surface area (Å²) in [5.74, 6) is 0.362. The van der Waals surface area contributed by atoms with Crippen molar-refractivity contribution in [1.29, 1.82) is 0 Å². The van der Waals surface area contributed by atoms with E-state index in [0.29, 0.717) is 17.1 Å². The Labute approximate surface area is 155 Å². The van der Waals surface area contributed by atoms with Gasteiger partial charge in [0.1, 0.15) is 11.5 Å². The maximum absolute atomic E-state index is 14.1. The highest BCUT2D eigenvalue weighted by Crippen LogP contribution is 2.13. The quantitative estimate of drug-likeness (QED) is 0.668. The van der Waals surface area contributed by atoms with E-state index < -0.39 is 17.1 Å². The predicted octanol–water partition coefficient (Wildman–Crippen LogP) is 2.26. The molecule has 0 aliphatic heterocycles. The maximum Gasteiger partial charge on any atom is 0.331 e. The SMILES string of the molecule is COc1ccc(Cn2cc(F)c(=O)n(Cc3ccc(OC)cc3)c2=O)cc1. The van der Waals surface area contributed by atoms with Gasteiger partial charge in [0.25, 0.3) is 5.56 Å². The first-order valence-electron chi connectivity index (χ1n) is 8.27. The highest BCUT2D eigenvalue weighted by Gasteiger charge is 2.12. The van der Waals surface area contributed by atoms with Gasteiger partial charge >= 0.3 is 5.69 Å². The minimum atomic E-state index is -0.975. The molecule has 0 spiro atoms. The molecule has 1 heterocycles. The van der Waals surface area contributed by atoms with Crippen LogP contribution in [0.15, 0.2) is 64.3 Å². The molecule has 1 aromatic heterocycles. The number of rotatable bonds is 6. The third-order valence-electron chi connectivity index (χ3n) is 4.21. The molecule has 0 amide bonds. The van der Waals surface area contributed by atoms with Gasteiger partial charge in [-0.05, 0) is 35.4 Å². The van der Waals surface area contributed by atoms with Gasteiger partial charge in [-0.15, -0.1) is 0 Å². The van der Waals surface area contributed by atoms with Crippen molar-refractivity contribution in [3.05, 3.63) is 92.5 Å². The molecule has 140 valence electrons. The Hall–Kier alpha value is -3.35. The highest BCUT2D eigenvalue weighted by atomic mass is 19.1. The molecular formula is C20H19FN2O4. The largest absolute Gasteiger partial charge is 0.497 e. The van der Waals surface area contributed by atoms with E-state index >= 15 is 0 Å². The summed E-state index contributed by atoms with van der Waals surface area (Å²) in [7, 11) is 3.11. The average molecular weight is 370 g/mol. The van der Waals surface area contributed by atoms with E-state index in [-0.39, 0.29) is 13.1 Å². The monoisotopic (exact) mass is 370 g/mol. The van der Waals surface area contributed by atoms with Crippen LogP contribution in [-0.4, -0.2) is 23.4 Å². The molecule has 0 unspecified atom stereocenters. The zero-order chi connectivity index (χ0) is 19.4. The molecule has 27 heavy (non-hydrogen) atoms. The Balaban J connectivity index is 1.94. The lowest BCUT2D eigenvalue weighted by Crippen LogP contribution is -2.41. The molecule has 0 radical (unpaired) electrons. The number of ether oxygens (including phenoxy) is 2. The minimum Gasteiger partial charge on any atom is -0.497 e. The summed E-state index contributed by atoms with van der Waals surface area (Å²) in [6, 6.07) is 14.0. The van der Waals surface area contributed by atoms with Gasteiger partial charge in [-0.1, -0.05) is 24.3 Å². The van der Waals surface area contributed by atoms with Crippen molar-refractivity contribution >= 4 is 0 Å². The Morgan fingerprint density at radius 1 is 0.815 bits per heavy atom. The fourth-order valence-corrected chi connectivity index (χ4v) is 2.71. The van der Waals surface area contributed by atoms with Crippen molar-refractivity contribution < 1.29 is 13.9 Å². The number of benzene rings is 2. The second-order valence-corrected chi connectivity index (χ2v) is 5.97. The Morgan fingerprint density at radius 3 is 1.78 bits per heavy atom. The van der Waals surface area contributed by atoms with Gasteiger partial charge in [-0.25, -0.2) is 4.79 Å². The molecule has 0 fully saturated rings. The summed E-state index contributed by atoms with van der Waals surface area (Å²) in [4.78, 5) is 24.8. The van der Waals surface area contributed by atoms with E-state index in [1.807, 2.05) is 0 Å². The van der Waals surface area contributed by atoms with E-state index in [0.717, 1.165) is 16.3 Å². The van der Waals surface area contributed by atoms with Crippen molar-refractivity contribution in [3.63, 3.8) is 0 Å². The number of hydrogen-bond donors (Lipinski definition) is 0. The van der Waals surface area contributed by atoms with Crippen LogP contribution in [0, 0.1) is 5.82 Å². The van der Waals surface area contributed by atoms with Crippen LogP contribution in [0.5, 0.6) is 11.5 Å². The van der Waals surface area contributed by atoms with E-state index in [1.165, 1.54) is 4.57 Å². The third kappa shape index (κ3) is 4.08. The van der Waals surface area contributed by atoms with Gasteiger partial charge in [-0.3, -0.25) is 13.9 Å². The van der Waals surface area contributed by atoms with Crippen LogP contribution in [0.4, 0.5) is 4.39 Å². The van der Waals surface area contributed by atoms with Gasteiger partial charge in [0.05, 0.1) is 33.5 Å². The summed E-state index contributed by atoms with van der Waals surface area (Å²) in [6.07, 6.45) is 0.944. The second kappa shape index (κ2) is 7.90. The summed E-state index contributed by atoms with van der Waals surface area (Å²) in [6.45, 7) is 0.116. The first-order valence-corrected chi connectivity index (χ1v) is 8.27. The van der Waals surface area contributed by atoms with E-state index in [9.17, 15) is 14.0 Å². The molecule has 2 aromatic carbocycles. The molecule has 3 aromatic rings. The second-order valence-electron chi connectivity index (χ2n) is 5.97. The topological polar surface area (TPSA) is 62.5 Å². The van der Waals surface area contributed by atoms with Crippen LogP contribution in [0.25, 0.3) is 0 Å². The predicted molar refractivity (Wildman–Crippen MR) is 99.1 cm³/mol. The van der Waals surface area contributed by atoms with Crippen LogP contribution in [0.1, 0.15) is 11.1 Å². The number of aromatic nitrogens is 2.